The van der Waals surface area contributed by atoms with Gasteiger partial charge in [0, 0.05) is 32.9 Å². The molecule has 3 aromatic rings. The predicted octanol–water partition coefficient (Wildman–Crippen LogP) is 2.69. The van der Waals surface area contributed by atoms with Crippen LogP contribution in [0, 0.1) is 0 Å². The number of ether oxygens (including phenoxy) is 1. The number of imidazole rings is 1. The number of benzene rings is 1. The van der Waals surface area contributed by atoms with Crippen molar-refractivity contribution in [1.29, 1.82) is 0 Å². The van der Waals surface area contributed by atoms with Gasteiger partial charge in [0.2, 0.25) is 5.88 Å². The lowest BCUT2D eigenvalue weighted by molar-refractivity contribution is 0.397. The van der Waals surface area contributed by atoms with Crippen molar-refractivity contribution in [2.45, 2.75) is 13.1 Å². The van der Waals surface area contributed by atoms with Gasteiger partial charge in [-0.1, -0.05) is 36.4 Å². The molecule has 3 rings (SSSR count). The molecule has 0 aliphatic heterocycles. The second-order valence-electron chi connectivity index (χ2n) is 6.08. The molecule has 0 saturated carbocycles. The normalized spacial score (nSPS) is 11.3. The van der Waals surface area contributed by atoms with Crippen molar-refractivity contribution in [2.24, 2.45) is 4.99 Å². The molecule has 7 heteroatoms. The number of rotatable bonds is 6. The van der Waals surface area contributed by atoms with Gasteiger partial charge in [-0.25, -0.2) is 9.97 Å². The van der Waals surface area contributed by atoms with Crippen molar-refractivity contribution in [1.82, 2.24) is 25.2 Å². The molecule has 2 N–H and O–H groups in total. The Balaban J connectivity index is 1.58. The van der Waals surface area contributed by atoms with Gasteiger partial charge in [-0.05, 0) is 11.1 Å². The van der Waals surface area contributed by atoms with Crippen LogP contribution in [0.15, 0.2) is 59.9 Å². The smallest absolute Gasteiger partial charge is 0.212 e. The van der Waals surface area contributed by atoms with Gasteiger partial charge in [-0.2, -0.15) is 0 Å². The number of methoxy groups -OCH3 is 1. The molecule has 0 aliphatic rings. The van der Waals surface area contributed by atoms with E-state index in [9.17, 15) is 0 Å². The summed E-state index contributed by atoms with van der Waals surface area (Å²) < 4.78 is 5.08. The molecule has 2 aromatic heterocycles. The molecule has 0 radical (unpaired) electrons. The van der Waals surface area contributed by atoms with Crippen molar-refractivity contribution >= 4 is 5.96 Å². The van der Waals surface area contributed by atoms with E-state index < -0.39 is 0 Å². The molecule has 0 aliphatic carbocycles. The third-order valence-corrected chi connectivity index (χ3v) is 4.13. The summed E-state index contributed by atoms with van der Waals surface area (Å²) in [6.07, 6.45) is 3.65. The lowest BCUT2D eigenvalue weighted by Gasteiger charge is -2.21. The summed E-state index contributed by atoms with van der Waals surface area (Å²) in [6, 6.07) is 14.0. The minimum atomic E-state index is 0.604. The van der Waals surface area contributed by atoms with Crippen LogP contribution in [0.3, 0.4) is 0 Å². The van der Waals surface area contributed by atoms with E-state index in [0.29, 0.717) is 19.0 Å². The third kappa shape index (κ3) is 4.84. The van der Waals surface area contributed by atoms with Gasteiger partial charge in [0.1, 0.15) is 5.82 Å². The van der Waals surface area contributed by atoms with Crippen LogP contribution in [-0.4, -0.2) is 47.0 Å². The van der Waals surface area contributed by atoms with Gasteiger partial charge in [-0.15, -0.1) is 0 Å². The van der Waals surface area contributed by atoms with Crippen molar-refractivity contribution in [2.75, 3.05) is 21.2 Å². The van der Waals surface area contributed by atoms with Crippen LogP contribution in [0.2, 0.25) is 0 Å². The maximum atomic E-state index is 5.08. The molecule has 140 valence electrons. The van der Waals surface area contributed by atoms with Crippen molar-refractivity contribution < 1.29 is 4.74 Å². The van der Waals surface area contributed by atoms with Crippen LogP contribution < -0.4 is 10.1 Å². The van der Waals surface area contributed by atoms with E-state index in [0.717, 1.165) is 28.6 Å². The molecule has 0 amide bonds. The van der Waals surface area contributed by atoms with Gasteiger partial charge in [-0.3, -0.25) is 4.99 Å². The highest BCUT2D eigenvalue weighted by atomic mass is 16.5. The van der Waals surface area contributed by atoms with Crippen LogP contribution >= 0.6 is 0 Å². The number of guanidine groups is 1. The minimum absolute atomic E-state index is 0.604. The van der Waals surface area contributed by atoms with E-state index in [1.54, 1.807) is 20.4 Å². The van der Waals surface area contributed by atoms with Crippen LogP contribution in [-0.2, 0) is 13.1 Å². The Morgan fingerprint density at radius 3 is 2.63 bits per heavy atom. The lowest BCUT2D eigenvalue weighted by atomic mass is 10.2. The van der Waals surface area contributed by atoms with Gasteiger partial charge in [0.15, 0.2) is 5.96 Å². The molecule has 0 bridgehead atoms. The Morgan fingerprint density at radius 1 is 1.15 bits per heavy atom. The maximum Gasteiger partial charge on any atom is 0.212 e. The first-order chi connectivity index (χ1) is 13.2. The fraction of sp³-hybridized carbons (Fsp3) is 0.250. The first-order valence-corrected chi connectivity index (χ1v) is 8.69. The fourth-order valence-electron chi connectivity index (χ4n) is 2.71. The van der Waals surface area contributed by atoms with Gasteiger partial charge in [0.25, 0.3) is 0 Å². The van der Waals surface area contributed by atoms with Crippen molar-refractivity contribution in [3.05, 3.63) is 66.2 Å². The minimum Gasteiger partial charge on any atom is -0.481 e. The van der Waals surface area contributed by atoms with E-state index in [1.165, 1.54) is 0 Å². The fourth-order valence-corrected chi connectivity index (χ4v) is 2.71. The highest BCUT2D eigenvalue weighted by molar-refractivity contribution is 5.79. The van der Waals surface area contributed by atoms with Gasteiger partial charge < -0.3 is 19.9 Å². The Hall–Kier alpha value is -3.35. The maximum absolute atomic E-state index is 5.08. The highest BCUT2D eigenvalue weighted by Crippen LogP contribution is 2.16. The first-order valence-electron chi connectivity index (χ1n) is 8.69. The number of H-pyrrole nitrogens is 1. The van der Waals surface area contributed by atoms with E-state index in [4.69, 9.17) is 4.74 Å². The van der Waals surface area contributed by atoms with Crippen LogP contribution in [0.1, 0.15) is 11.4 Å². The number of pyridine rings is 1. The monoisotopic (exact) mass is 364 g/mol. The highest BCUT2D eigenvalue weighted by Gasteiger charge is 2.10. The SMILES string of the molecule is CN=C(NCc1ccc(OC)nc1)N(C)Cc1ncc(-c2ccccc2)[nH]1. The van der Waals surface area contributed by atoms with Gasteiger partial charge in [0.05, 0.1) is 25.5 Å². The summed E-state index contributed by atoms with van der Waals surface area (Å²) in [4.78, 5) is 18.4. The second kappa shape index (κ2) is 8.84. The number of hydrogen-bond acceptors (Lipinski definition) is 4. The Labute approximate surface area is 159 Å². The van der Waals surface area contributed by atoms with E-state index >= 15 is 0 Å². The van der Waals surface area contributed by atoms with Crippen molar-refractivity contribution in [3.63, 3.8) is 0 Å². The molecular formula is C20H24N6O. The zero-order valence-electron chi connectivity index (χ0n) is 15.8. The summed E-state index contributed by atoms with van der Waals surface area (Å²) in [5, 5.41) is 3.34. The van der Waals surface area contributed by atoms with E-state index in [2.05, 4.69) is 37.4 Å². The summed E-state index contributed by atoms with van der Waals surface area (Å²) in [5.41, 5.74) is 3.18. The van der Waals surface area contributed by atoms with Crippen molar-refractivity contribution in [3.8, 4) is 17.1 Å². The standard InChI is InChI=1S/C20H24N6O/c1-21-20(24-12-15-9-10-19(27-3)23-11-15)26(2)14-18-22-13-17(25-18)16-7-5-4-6-8-16/h4-11,13H,12,14H2,1-3H3,(H,21,24)(H,22,25). The summed E-state index contributed by atoms with van der Waals surface area (Å²) in [7, 11) is 5.35. The molecule has 0 spiro atoms. The Bertz CT molecular complexity index is 873. The predicted molar refractivity (Wildman–Crippen MR) is 106 cm³/mol. The Morgan fingerprint density at radius 2 is 1.96 bits per heavy atom. The number of hydrogen-bond donors (Lipinski definition) is 2. The lowest BCUT2D eigenvalue weighted by Crippen LogP contribution is -2.38. The van der Waals surface area contributed by atoms with Gasteiger partial charge >= 0.3 is 0 Å². The molecule has 7 nitrogen and oxygen atoms in total. The second-order valence-corrected chi connectivity index (χ2v) is 6.08. The zero-order valence-corrected chi connectivity index (χ0v) is 15.8. The molecule has 0 atom stereocenters. The van der Waals surface area contributed by atoms with Crippen LogP contribution in [0.4, 0.5) is 0 Å². The van der Waals surface area contributed by atoms with E-state index in [1.807, 2.05) is 48.5 Å². The molecule has 2 heterocycles. The summed E-state index contributed by atoms with van der Waals surface area (Å²) in [6.45, 7) is 1.24. The number of aromatic nitrogens is 3. The molecule has 1 aromatic carbocycles. The topological polar surface area (TPSA) is 78.4 Å². The Kier molecular flexibility index (Phi) is 6.04. The number of aliphatic imine (C=N–C) groups is 1. The molecule has 27 heavy (non-hydrogen) atoms. The summed E-state index contributed by atoms with van der Waals surface area (Å²) >= 11 is 0. The largest absolute Gasteiger partial charge is 0.481 e. The van der Waals surface area contributed by atoms with E-state index in [-0.39, 0.29) is 0 Å². The van der Waals surface area contributed by atoms with Crippen LogP contribution in [0.5, 0.6) is 5.88 Å². The molecule has 0 unspecified atom stereocenters. The zero-order chi connectivity index (χ0) is 19.1. The number of nitrogens with one attached hydrogen (secondary N) is 2. The number of nitrogens with zero attached hydrogens (tertiary/aromatic N) is 4. The molecule has 0 saturated heterocycles. The number of aromatic amines is 1. The average Bonchev–Trinajstić information content (AvgIpc) is 3.18. The molecule has 0 fully saturated rings. The first kappa shape index (κ1) is 18.4. The summed E-state index contributed by atoms with van der Waals surface area (Å²) in [5.74, 6) is 2.26. The third-order valence-electron chi connectivity index (χ3n) is 4.13. The quantitative estimate of drug-likeness (QED) is 0.519. The van der Waals surface area contributed by atoms with Crippen LogP contribution in [0.25, 0.3) is 11.3 Å². The molecular weight excluding hydrogens is 340 g/mol. The average molecular weight is 364 g/mol.